The van der Waals surface area contributed by atoms with Gasteiger partial charge in [-0.2, -0.15) is 0 Å². The molecule has 104 valence electrons. The predicted molar refractivity (Wildman–Crippen MR) is 79.9 cm³/mol. The van der Waals surface area contributed by atoms with Gasteiger partial charge >= 0.3 is 5.97 Å². The van der Waals surface area contributed by atoms with Crippen LogP contribution in [0.3, 0.4) is 0 Å². The Hall–Kier alpha value is -1.95. The molecule has 1 aromatic carbocycles. The number of aromatic carboxylic acids is 1. The Balaban J connectivity index is 2.18. The van der Waals surface area contributed by atoms with Gasteiger partial charge in [-0.1, -0.05) is 28.1 Å². The highest BCUT2D eigenvalue weighted by Gasteiger charge is 2.12. The quantitative estimate of drug-likeness (QED) is 0.895. The van der Waals surface area contributed by atoms with Gasteiger partial charge in [0.15, 0.2) is 0 Å². The summed E-state index contributed by atoms with van der Waals surface area (Å²) in [4.78, 5) is 19.1. The standard InChI is InChI=1S/C14H14BrN3O2/c1-8(10-4-3-5-11(15)6-10)17-14-16-7-12(13(19)20)9(2)18-14/h3-8H,1-2H3,(H,19,20)(H,16,17,18). The number of hydrogen-bond acceptors (Lipinski definition) is 4. The van der Waals surface area contributed by atoms with Crippen LogP contribution in [0.4, 0.5) is 5.95 Å². The van der Waals surface area contributed by atoms with Crippen LogP contribution in [0.1, 0.15) is 34.6 Å². The second-order valence-corrected chi connectivity index (χ2v) is 5.33. The molecule has 2 N–H and O–H groups in total. The Morgan fingerprint density at radius 1 is 1.45 bits per heavy atom. The first-order valence-corrected chi connectivity index (χ1v) is 6.85. The Bertz CT molecular complexity index is 646. The van der Waals surface area contributed by atoms with E-state index >= 15 is 0 Å². The molecule has 0 amide bonds. The minimum Gasteiger partial charge on any atom is -0.478 e. The second kappa shape index (κ2) is 6.00. The van der Waals surface area contributed by atoms with Crippen LogP contribution in [0.5, 0.6) is 0 Å². The number of carboxylic acid groups (broad SMARTS) is 1. The van der Waals surface area contributed by atoms with Crippen LogP contribution in [0, 0.1) is 6.92 Å². The molecule has 1 heterocycles. The van der Waals surface area contributed by atoms with Gasteiger partial charge in [-0.15, -0.1) is 0 Å². The van der Waals surface area contributed by atoms with Crippen LogP contribution in [-0.2, 0) is 0 Å². The fraction of sp³-hybridized carbons (Fsp3) is 0.214. The lowest BCUT2D eigenvalue weighted by atomic mass is 10.1. The summed E-state index contributed by atoms with van der Waals surface area (Å²) in [5.41, 5.74) is 1.64. The highest BCUT2D eigenvalue weighted by atomic mass is 79.9. The molecule has 0 bridgehead atoms. The lowest BCUT2D eigenvalue weighted by Gasteiger charge is -2.15. The van der Waals surface area contributed by atoms with E-state index in [1.165, 1.54) is 6.20 Å². The molecule has 1 unspecified atom stereocenters. The number of nitrogens with one attached hydrogen (secondary N) is 1. The molecule has 0 saturated carbocycles. The molecule has 0 aliphatic rings. The second-order valence-electron chi connectivity index (χ2n) is 4.42. The Morgan fingerprint density at radius 2 is 2.20 bits per heavy atom. The van der Waals surface area contributed by atoms with Crippen molar-refractivity contribution in [1.29, 1.82) is 0 Å². The molecule has 0 aliphatic carbocycles. The number of rotatable bonds is 4. The molecule has 0 radical (unpaired) electrons. The Morgan fingerprint density at radius 3 is 2.80 bits per heavy atom. The summed E-state index contributed by atoms with van der Waals surface area (Å²) >= 11 is 3.43. The summed E-state index contributed by atoms with van der Waals surface area (Å²) in [6, 6.07) is 7.94. The topological polar surface area (TPSA) is 75.1 Å². The summed E-state index contributed by atoms with van der Waals surface area (Å²) in [5.74, 6) is -0.603. The maximum Gasteiger partial charge on any atom is 0.339 e. The number of carboxylic acids is 1. The first kappa shape index (κ1) is 14.5. The van der Waals surface area contributed by atoms with Crippen LogP contribution in [0.25, 0.3) is 0 Å². The van der Waals surface area contributed by atoms with Crippen molar-refractivity contribution >= 4 is 27.8 Å². The smallest absolute Gasteiger partial charge is 0.339 e. The molecule has 2 aromatic rings. The molecule has 6 heteroatoms. The van der Waals surface area contributed by atoms with Gasteiger partial charge in [0.25, 0.3) is 0 Å². The van der Waals surface area contributed by atoms with Crippen molar-refractivity contribution < 1.29 is 9.90 Å². The van der Waals surface area contributed by atoms with E-state index in [1.807, 2.05) is 31.2 Å². The molecule has 0 saturated heterocycles. The molecule has 2 rings (SSSR count). The lowest BCUT2D eigenvalue weighted by Crippen LogP contribution is -2.12. The van der Waals surface area contributed by atoms with Crippen molar-refractivity contribution in [3.63, 3.8) is 0 Å². The fourth-order valence-electron chi connectivity index (χ4n) is 1.80. The van der Waals surface area contributed by atoms with E-state index in [2.05, 4.69) is 31.2 Å². The number of nitrogens with zero attached hydrogens (tertiary/aromatic N) is 2. The number of carbonyl (C=O) groups is 1. The zero-order valence-electron chi connectivity index (χ0n) is 11.1. The number of anilines is 1. The molecule has 0 fully saturated rings. The van der Waals surface area contributed by atoms with Crippen LogP contribution in [0.2, 0.25) is 0 Å². The first-order chi connectivity index (χ1) is 9.47. The van der Waals surface area contributed by atoms with Crippen LogP contribution in [-0.4, -0.2) is 21.0 Å². The average molecular weight is 336 g/mol. The largest absolute Gasteiger partial charge is 0.478 e. The number of aryl methyl sites for hydroxylation is 1. The van der Waals surface area contributed by atoms with E-state index in [0.717, 1.165) is 10.0 Å². The first-order valence-electron chi connectivity index (χ1n) is 6.06. The van der Waals surface area contributed by atoms with E-state index in [9.17, 15) is 4.79 Å². The van der Waals surface area contributed by atoms with Crippen LogP contribution < -0.4 is 5.32 Å². The van der Waals surface area contributed by atoms with Crippen molar-refractivity contribution in [3.05, 3.63) is 51.8 Å². The number of aromatic nitrogens is 2. The van der Waals surface area contributed by atoms with E-state index < -0.39 is 5.97 Å². The van der Waals surface area contributed by atoms with Crippen molar-refractivity contribution in [2.45, 2.75) is 19.9 Å². The van der Waals surface area contributed by atoms with Gasteiger partial charge in [-0.25, -0.2) is 14.8 Å². The zero-order chi connectivity index (χ0) is 14.7. The molecule has 1 atom stereocenters. The maximum absolute atomic E-state index is 10.9. The summed E-state index contributed by atoms with van der Waals surface area (Å²) < 4.78 is 1.00. The third-order valence-corrected chi connectivity index (χ3v) is 3.40. The summed E-state index contributed by atoms with van der Waals surface area (Å²) in [6.07, 6.45) is 1.32. The highest BCUT2D eigenvalue weighted by Crippen LogP contribution is 2.20. The summed E-state index contributed by atoms with van der Waals surface area (Å²) in [6.45, 7) is 3.64. The number of halogens is 1. The van der Waals surface area contributed by atoms with Gasteiger partial charge in [0.2, 0.25) is 5.95 Å². The minimum absolute atomic E-state index is 0.0163. The van der Waals surface area contributed by atoms with Crippen LogP contribution in [0.15, 0.2) is 34.9 Å². The van der Waals surface area contributed by atoms with Gasteiger partial charge in [0.1, 0.15) is 0 Å². The predicted octanol–water partition coefficient (Wildman–Crippen LogP) is 3.42. The molecular formula is C14H14BrN3O2. The van der Waals surface area contributed by atoms with Crippen molar-refractivity contribution in [2.75, 3.05) is 5.32 Å². The molecule has 0 spiro atoms. The summed E-state index contributed by atoms with van der Waals surface area (Å²) in [5, 5.41) is 12.1. The van der Waals surface area contributed by atoms with Gasteiger partial charge in [0.05, 0.1) is 17.3 Å². The Kier molecular flexibility index (Phi) is 4.34. The van der Waals surface area contributed by atoms with Gasteiger partial charge in [-0.3, -0.25) is 0 Å². The number of hydrogen-bond donors (Lipinski definition) is 2. The van der Waals surface area contributed by atoms with Gasteiger partial charge in [-0.05, 0) is 31.5 Å². The van der Waals surface area contributed by atoms with E-state index in [1.54, 1.807) is 6.92 Å². The average Bonchev–Trinajstić information content (AvgIpc) is 2.38. The van der Waals surface area contributed by atoms with Gasteiger partial charge < -0.3 is 10.4 Å². The molecule has 0 aliphatic heterocycles. The van der Waals surface area contributed by atoms with E-state index in [4.69, 9.17) is 5.11 Å². The third-order valence-electron chi connectivity index (χ3n) is 2.90. The minimum atomic E-state index is -1.02. The lowest BCUT2D eigenvalue weighted by molar-refractivity contribution is 0.0695. The monoisotopic (exact) mass is 335 g/mol. The Labute approximate surface area is 125 Å². The molecule has 1 aromatic heterocycles. The third kappa shape index (κ3) is 3.33. The maximum atomic E-state index is 10.9. The highest BCUT2D eigenvalue weighted by molar-refractivity contribution is 9.10. The van der Waals surface area contributed by atoms with Crippen LogP contribution >= 0.6 is 15.9 Å². The number of benzene rings is 1. The zero-order valence-corrected chi connectivity index (χ0v) is 12.7. The molecule has 20 heavy (non-hydrogen) atoms. The fourth-order valence-corrected chi connectivity index (χ4v) is 2.22. The molecule has 5 nitrogen and oxygen atoms in total. The summed E-state index contributed by atoms with van der Waals surface area (Å²) in [7, 11) is 0. The van der Waals surface area contributed by atoms with Crippen molar-refractivity contribution in [3.8, 4) is 0 Å². The normalized spacial score (nSPS) is 11.9. The SMILES string of the molecule is Cc1nc(NC(C)c2cccc(Br)c2)ncc1C(=O)O. The van der Waals surface area contributed by atoms with Crippen molar-refractivity contribution in [2.24, 2.45) is 0 Å². The van der Waals surface area contributed by atoms with E-state index in [-0.39, 0.29) is 11.6 Å². The van der Waals surface area contributed by atoms with E-state index in [0.29, 0.717) is 11.6 Å². The van der Waals surface area contributed by atoms with Gasteiger partial charge in [0, 0.05) is 10.7 Å². The van der Waals surface area contributed by atoms with Crippen molar-refractivity contribution in [1.82, 2.24) is 9.97 Å². The molecular weight excluding hydrogens is 322 g/mol.